The number of carbonyl (C=O) groups excluding carboxylic acids is 1. The number of benzene rings is 2. The fraction of sp³-hybridized carbons (Fsp3) is 0.273. The SMILES string of the molecule is CCCN1C(=O)/C(=C/c2cc(OC)c(OC)cc2OC)SC1=Nc1ccc(Cl)cc1. The number of amides is 1. The number of carbonyl (C=O) groups is 1. The first-order valence-electron chi connectivity index (χ1n) is 9.36. The van der Waals surface area contributed by atoms with Gasteiger partial charge in [-0.05, 0) is 54.6 Å². The Kier molecular flexibility index (Phi) is 7.29. The molecule has 1 amide bonds. The van der Waals surface area contributed by atoms with Crippen LogP contribution in [0.2, 0.25) is 5.02 Å². The summed E-state index contributed by atoms with van der Waals surface area (Å²) in [5.74, 6) is 1.60. The van der Waals surface area contributed by atoms with Crippen LogP contribution in [0.1, 0.15) is 18.9 Å². The molecular weight excluding hydrogens is 424 g/mol. The highest BCUT2D eigenvalue weighted by Crippen LogP contribution is 2.39. The Bertz CT molecular complexity index is 989. The number of ether oxygens (including phenoxy) is 3. The summed E-state index contributed by atoms with van der Waals surface area (Å²) >= 11 is 7.29. The van der Waals surface area contributed by atoms with Gasteiger partial charge < -0.3 is 14.2 Å². The predicted molar refractivity (Wildman–Crippen MR) is 122 cm³/mol. The van der Waals surface area contributed by atoms with E-state index in [1.807, 2.05) is 19.1 Å². The molecule has 1 aliphatic rings. The van der Waals surface area contributed by atoms with Crippen molar-refractivity contribution in [3.8, 4) is 17.2 Å². The Morgan fingerprint density at radius 3 is 2.27 bits per heavy atom. The summed E-state index contributed by atoms with van der Waals surface area (Å²) in [7, 11) is 4.70. The Morgan fingerprint density at radius 1 is 1.03 bits per heavy atom. The second-order valence-electron chi connectivity index (χ2n) is 6.39. The van der Waals surface area contributed by atoms with Gasteiger partial charge in [-0.25, -0.2) is 4.99 Å². The van der Waals surface area contributed by atoms with Crippen LogP contribution in [0.5, 0.6) is 17.2 Å². The van der Waals surface area contributed by atoms with Crippen molar-refractivity contribution in [1.29, 1.82) is 0 Å². The van der Waals surface area contributed by atoms with Gasteiger partial charge in [-0.15, -0.1) is 0 Å². The van der Waals surface area contributed by atoms with E-state index in [2.05, 4.69) is 4.99 Å². The van der Waals surface area contributed by atoms with E-state index in [-0.39, 0.29) is 5.91 Å². The van der Waals surface area contributed by atoms with Crippen LogP contribution in [0.4, 0.5) is 5.69 Å². The van der Waals surface area contributed by atoms with Crippen LogP contribution in [-0.2, 0) is 4.79 Å². The Balaban J connectivity index is 2.01. The van der Waals surface area contributed by atoms with Gasteiger partial charge in [0, 0.05) is 23.2 Å². The molecule has 0 unspecified atom stereocenters. The van der Waals surface area contributed by atoms with Crippen LogP contribution in [0.3, 0.4) is 0 Å². The van der Waals surface area contributed by atoms with Crippen LogP contribution in [0, 0.1) is 0 Å². The molecule has 0 aromatic heterocycles. The maximum absolute atomic E-state index is 13.1. The summed E-state index contributed by atoms with van der Waals surface area (Å²) in [4.78, 5) is 20.0. The van der Waals surface area contributed by atoms with Crippen LogP contribution in [-0.4, -0.2) is 43.8 Å². The van der Waals surface area contributed by atoms with Crippen molar-refractivity contribution in [2.75, 3.05) is 27.9 Å². The van der Waals surface area contributed by atoms with Crippen molar-refractivity contribution >= 4 is 46.2 Å². The largest absolute Gasteiger partial charge is 0.496 e. The number of hydrogen-bond acceptors (Lipinski definition) is 6. The maximum atomic E-state index is 13.1. The molecule has 2 aromatic carbocycles. The minimum Gasteiger partial charge on any atom is -0.496 e. The van der Waals surface area contributed by atoms with Crippen LogP contribution in [0.15, 0.2) is 46.3 Å². The highest BCUT2D eigenvalue weighted by Gasteiger charge is 2.33. The average Bonchev–Trinajstić information content (AvgIpc) is 3.04. The molecule has 30 heavy (non-hydrogen) atoms. The molecule has 0 N–H and O–H groups in total. The lowest BCUT2D eigenvalue weighted by Gasteiger charge is -2.14. The minimum atomic E-state index is -0.0913. The zero-order chi connectivity index (χ0) is 21.7. The topological polar surface area (TPSA) is 60.4 Å². The lowest BCUT2D eigenvalue weighted by atomic mass is 10.1. The Hall–Kier alpha value is -2.64. The number of rotatable bonds is 7. The summed E-state index contributed by atoms with van der Waals surface area (Å²) in [6, 6.07) is 10.7. The van der Waals surface area contributed by atoms with Gasteiger partial charge in [-0.3, -0.25) is 9.69 Å². The summed E-state index contributed by atoms with van der Waals surface area (Å²) < 4.78 is 16.2. The predicted octanol–water partition coefficient (Wildman–Crippen LogP) is 5.38. The van der Waals surface area contributed by atoms with Crippen LogP contribution >= 0.6 is 23.4 Å². The molecule has 1 aliphatic heterocycles. The number of thioether (sulfide) groups is 1. The van der Waals surface area contributed by atoms with E-state index in [4.69, 9.17) is 25.8 Å². The van der Waals surface area contributed by atoms with Gasteiger partial charge in [-0.1, -0.05) is 18.5 Å². The molecule has 1 heterocycles. The number of hydrogen-bond donors (Lipinski definition) is 0. The summed E-state index contributed by atoms with van der Waals surface area (Å²) in [6.45, 7) is 2.61. The molecule has 1 saturated heterocycles. The molecule has 0 radical (unpaired) electrons. The van der Waals surface area contributed by atoms with Gasteiger partial charge in [0.15, 0.2) is 16.7 Å². The lowest BCUT2D eigenvalue weighted by molar-refractivity contribution is -0.122. The first kappa shape index (κ1) is 22.1. The van der Waals surface area contributed by atoms with Gasteiger partial charge in [-0.2, -0.15) is 0 Å². The van der Waals surface area contributed by atoms with Crippen molar-refractivity contribution < 1.29 is 19.0 Å². The maximum Gasteiger partial charge on any atom is 0.266 e. The van der Waals surface area contributed by atoms with Crippen LogP contribution < -0.4 is 14.2 Å². The molecule has 0 spiro atoms. The number of aliphatic imine (C=N–C) groups is 1. The van der Waals surface area contributed by atoms with Crippen molar-refractivity contribution in [1.82, 2.24) is 4.90 Å². The van der Waals surface area contributed by atoms with Crippen molar-refractivity contribution in [3.05, 3.63) is 51.9 Å². The molecule has 1 fully saturated rings. The standard InChI is InChI=1S/C22H23ClN2O4S/c1-5-10-25-21(26)20(30-22(25)24-16-8-6-15(23)7-9-16)12-14-11-18(28-3)19(29-4)13-17(14)27-2/h6-9,11-13H,5,10H2,1-4H3/b20-12-,24-22?. The van der Waals surface area contributed by atoms with Gasteiger partial charge >= 0.3 is 0 Å². The molecule has 0 atom stereocenters. The second kappa shape index (κ2) is 9.91. The van der Waals surface area contributed by atoms with E-state index in [0.29, 0.717) is 38.9 Å². The third-order valence-electron chi connectivity index (χ3n) is 4.41. The van der Waals surface area contributed by atoms with E-state index in [1.54, 1.807) is 56.6 Å². The highest BCUT2D eigenvalue weighted by atomic mass is 35.5. The van der Waals surface area contributed by atoms with E-state index < -0.39 is 0 Å². The highest BCUT2D eigenvalue weighted by molar-refractivity contribution is 8.18. The van der Waals surface area contributed by atoms with E-state index in [0.717, 1.165) is 17.7 Å². The quantitative estimate of drug-likeness (QED) is 0.534. The smallest absolute Gasteiger partial charge is 0.266 e. The van der Waals surface area contributed by atoms with Gasteiger partial charge in [0.1, 0.15) is 5.75 Å². The van der Waals surface area contributed by atoms with Gasteiger partial charge in [0.05, 0.1) is 31.9 Å². The molecule has 0 aliphatic carbocycles. The zero-order valence-corrected chi connectivity index (χ0v) is 18.8. The van der Waals surface area contributed by atoms with Crippen LogP contribution in [0.25, 0.3) is 6.08 Å². The first-order chi connectivity index (χ1) is 14.5. The summed E-state index contributed by atoms with van der Waals surface area (Å²) in [6.07, 6.45) is 2.61. The van der Waals surface area contributed by atoms with Gasteiger partial charge in [0.2, 0.25) is 0 Å². The van der Waals surface area contributed by atoms with Crippen molar-refractivity contribution in [2.45, 2.75) is 13.3 Å². The number of amidine groups is 1. The number of halogens is 1. The molecule has 8 heteroatoms. The molecule has 0 saturated carbocycles. The third kappa shape index (κ3) is 4.74. The number of nitrogens with zero attached hydrogens (tertiary/aromatic N) is 2. The fourth-order valence-electron chi connectivity index (χ4n) is 2.95. The fourth-order valence-corrected chi connectivity index (χ4v) is 4.09. The first-order valence-corrected chi connectivity index (χ1v) is 10.6. The van der Waals surface area contributed by atoms with E-state index >= 15 is 0 Å². The monoisotopic (exact) mass is 446 g/mol. The third-order valence-corrected chi connectivity index (χ3v) is 5.67. The van der Waals surface area contributed by atoms with Crippen molar-refractivity contribution in [3.63, 3.8) is 0 Å². The molecular formula is C22H23ClN2O4S. The van der Waals surface area contributed by atoms with E-state index in [1.165, 1.54) is 11.8 Å². The average molecular weight is 447 g/mol. The zero-order valence-electron chi connectivity index (χ0n) is 17.3. The van der Waals surface area contributed by atoms with Crippen molar-refractivity contribution in [2.24, 2.45) is 4.99 Å². The van der Waals surface area contributed by atoms with E-state index in [9.17, 15) is 4.79 Å². The summed E-state index contributed by atoms with van der Waals surface area (Å²) in [5.41, 5.74) is 1.45. The Morgan fingerprint density at radius 2 is 1.67 bits per heavy atom. The molecule has 0 bridgehead atoms. The molecule has 2 aromatic rings. The normalized spacial score (nSPS) is 16.4. The Labute approximate surface area is 185 Å². The summed E-state index contributed by atoms with van der Waals surface area (Å²) in [5, 5.41) is 1.27. The molecule has 3 rings (SSSR count). The van der Waals surface area contributed by atoms with Gasteiger partial charge in [0.25, 0.3) is 5.91 Å². The number of methoxy groups -OCH3 is 3. The minimum absolute atomic E-state index is 0.0913. The second-order valence-corrected chi connectivity index (χ2v) is 7.83. The molecule has 6 nitrogen and oxygen atoms in total. The molecule has 158 valence electrons. The lowest BCUT2D eigenvalue weighted by Crippen LogP contribution is -2.29.